The molecule has 0 aliphatic carbocycles. The van der Waals surface area contributed by atoms with E-state index >= 15 is 0 Å². The molecular formula is C10H14BFO2S. The van der Waals surface area contributed by atoms with Gasteiger partial charge in [-0.05, 0) is 28.4 Å². The van der Waals surface area contributed by atoms with Crippen LogP contribution in [0.25, 0.3) is 0 Å². The topological polar surface area (TPSA) is 40.5 Å². The molecule has 2 N–H and O–H groups in total. The summed E-state index contributed by atoms with van der Waals surface area (Å²) in [6.07, 6.45) is 0. The molecule has 0 radical (unpaired) electrons. The van der Waals surface area contributed by atoms with Gasteiger partial charge in [-0.25, -0.2) is 4.39 Å². The summed E-state index contributed by atoms with van der Waals surface area (Å²) in [7, 11) is -1.61. The van der Waals surface area contributed by atoms with Gasteiger partial charge in [0.1, 0.15) is 5.82 Å². The third-order valence-electron chi connectivity index (χ3n) is 1.96. The second-order valence-corrected chi connectivity index (χ2v) is 5.14. The molecule has 0 unspecified atom stereocenters. The van der Waals surface area contributed by atoms with Crippen LogP contribution >= 0.6 is 11.8 Å². The summed E-state index contributed by atoms with van der Waals surface area (Å²) in [4.78, 5) is 0. The van der Waals surface area contributed by atoms with Gasteiger partial charge < -0.3 is 10.0 Å². The molecule has 0 saturated carbocycles. The van der Waals surface area contributed by atoms with Crippen LogP contribution in [0.5, 0.6) is 0 Å². The predicted octanol–water partition coefficient (Wildman–Crippen LogP) is 1.15. The number of benzene rings is 1. The highest BCUT2D eigenvalue weighted by atomic mass is 32.2. The Kier molecular flexibility index (Phi) is 4.63. The summed E-state index contributed by atoms with van der Waals surface area (Å²) in [5, 5.41) is 18.6. The Morgan fingerprint density at radius 1 is 1.40 bits per heavy atom. The maximum Gasteiger partial charge on any atom is 0.488 e. The van der Waals surface area contributed by atoms with Gasteiger partial charge in [0.25, 0.3) is 0 Å². The molecule has 5 heteroatoms. The van der Waals surface area contributed by atoms with Gasteiger partial charge in [0.15, 0.2) is 0 Å². The molecule has 0 aliphatic rings. The molecule has 0 heterocycles. The standard InChI is InChI=1S/C10H14BFO2S/c1-7(2)15-6-8-3-4-9(12)5-10(8)11(13)14/h3-5,7,13-14H,6H2,1-2H3. The normalized spacial score (nSPS) is 10.8. The fourth-order valence-electron chi connectivity index (χ4n) is 1.19. The van der Waals surface area contributed by atoms with Gasteiger partial charge >= 0.3 is 7.12 Å². The quantitative estimate of drug-likeness (QED) is 0.759. The monoisotopic (exact) mass is 228 g/mol. The number of rotatable bonds is 4. The second-order valence-electron chi connectivity index (χ2n) is 3.58. The van der Waals surface area contributed by atoms with E-state index in [2.05, 4.69) is 13.8 Å². The highest BCUT2D eigenvalue weighted by Crippen LogP contribution is 2.16. The molecule has 15 heavy (non-hydrogen) atoms. The van der Waals surface area contributed by atoms with Crippen molar-refractivity contribution in [2.45, 2.75) is 24.9 Å². The van der Waals surface area contributed by atoms with Gasteiger partial charge in [-0.15, -0.1) is 0 Å². The zero-order valence-electron chi connectivity index (χ0n) is 8.77. The van der Waals surface area contributed by atoms with Crippen molar-refractivity contribution in [1.29, 1.82) is 0 Å². The number of hydrogen-bond acceptors (Lipinski definition) is 3. The molecule has 82 valence electrons. The van der Waals surface area contributed by atoms with Crippen LogP contribution in [0.4, 0.5) is 4.39 Å². The maximum atomic E-state index is 12.9. The third kappa shape index (κ3) is 3.85. The lowest BCUT2D eigenvalue weighted by atomic mass is 9.77. The zero-order chi connectivity index (χ0) is 11.4. The summed E-state index contributed by atoms with van der Waals surface area (Å²) >= 11 is 1.68. The van der Waals surface area contributed by atoms with Crippen LogP contribution in [0.3, 0.4) is 0 Å². The molecule has 0 amide bonds. The van der Waals surface area contributed by atoms with Crippen LogP contribution in [0, 0.1) is 5.82 Å². The van der Waals surface area contributed by atoms with E-state index in [1.165, 1.54) is 12.1 Å². The van der Waals surface area contributed by atoms with Crippen LogP contribution in [0.2, 0.25) is 0 Å². The van der Waals surface area contributed by atoms with Crippen molar-refractivity contribution < 1.29 is 14.4 Å². The van der Waals surface area contributed by atoms with Crippen molar-refractivity contribution in [3.05, 3.63) is 29.6 Å². The molecule has 2 nitrogen and oxygen atoms in total. The van der Waals surface area contributed by atoms with Gasteiger partial charge in [-0.2, -0.15) is 11.8 Å². The summed E-state index contributed by atoms with van der Waals surface area (Å²) < 4.78 is 12.9. The van der Waals surface area contributed by atoms with Crippen LogP contribution in [-0.2, 0) is 5.75 Å². The maximum absolute atomic E-state index is 12.9. The molecule has 1 rings (SSSR count). The van der Waals surface area contributed by atoms with Crippen LogP contribution < -0.4 is 5.46 Å². The summed E-state index contributed by atoms with van der Waals surface area (Å²) in [5.41, 5.74) is 1.02. The number of thioether (sulfide) groups is 1. The lowest BCUT2D eigenvalue weighted by molar-refractivity contribution is 0.425. The van der Waals surface area contributed by atoms with Gasteiger partial charge in [-0.1, -0.05) is 19.9 Å². The Morgan fingerprint density at radius 2 is 2.07 bits per heavy atom. The average Bonchev–Trinajstić information content (AvgIpc) is 2.15. The predicted molar refractivity (Wildman–Crippen MR) is 62.7 cm³/mol. The smallest absolute Gasteiger partial charge is 0.423 e. The van der Waals surface area contributed by atoms with Gasteiger partial charge in [-0.3, -0.25) is 0 Å². The van der Waals surface area contributed by atoms with E-state index in [0.29, 0.717) is 11.0 Å². The van der Waals surface area contributed by atoms with E-state index in [4.69, 9.17) is 10.0 Å². The number of halogens is 1. The van der Waals surface area contributed by atoms with Crippen molar-refractivity contribution >= 4 is 24.3 Å². The Balaban J connectivity index is 2.86. The summed E-state index contributed by atoms with van der Waals surface area (Å²) in [5.74, 6) is 0.210. The van der Waals surface area contributed by atoms with Crippen molar-refractivity contribution in [3.8, 4) is 0 Å². The Morgan fingerprint density at radius 3 is 2.60 bits per heavy atom. The first-order chi connectivity index (χ1) is 7.00. The minimum absolute atomic E-state index is 0.253. The highest BCUT2D eigenvalue weighted by Gasteiger charge is 2.16. The van der Waals surface area contributed by atoms with E-state index in [-0.39, 0.29) is 5.46 Å². The van der Waals surface area contributed by atoms with Crippen molar-refractivity contribution in [3.63, 3.8) is 0 Å². The highest BCUT2D eigenvalue weighted by molar-refractivity contribution is 7.99. The van der Waals surface area contributed by atoms with E-state index in [1.54, 1.807) is 17.8 Å². The van der Waals surface area contributed by atoms with Gasteiger partial charge in [0, 0.05) is 5.75 Å². The molecule has 0 bridgehead atoms. The molecule has 1 aromatic carbocycles. The van der Waals surface area contributed by atoms with Gasteiger partial charge in [0.2, 0.25) is 0 Å². The fourth-order valence-corrected chi connectivity index (χ4v) is 1.97. The van der Waals surface area contributed by atoms with Crippen LogP contribution in [-0.4, -0.2) is 22.4 Å². The van der Waals surface area contributed by atoms with Crippen LogP contribution in [0.15, 0.2) is 18.2 Å². The third-order valence-corrected chi connectivity index (χ3v) is 3.10. The Labute approximate surface area is 93.7 Å². The van der Waals surface area contributed by atoms with E-state index in [1.807, 2.05) is 0 Å². The van der Waals surface area contributed by atoms with Crippen molar-refractivity contribution in [2.75, 3.05) is 0 Å². The van der Waals surface area contributed by atoms with E-state index in [9.17, 15) is 4.39 Å². The molecule has 0 fully saturated rings. The first-order valence-electron chi connectivity index (χ1n) is 4.76. The van der Waals surface area contributed by atoms with Gasteiger partial charge in [0.05, 0.1) is 0 Å². The first-order valence-corrected chi connectivity index (χ1v) is 5.81. The van der Waals surface area contributed by atoms with E-state index < -0.39 is 12.9 Å². The average molecular weight is 228 g/mol. The first kappa shape index (κ1) is 12.6. The largest absolute Gasteiger partial charge is 0.488 e. The molecule has 0 aromatic heterocycles. The Bertz CT molecular complexity index is 331. The molecular weight excluding hydrogens is 214 g/mol. The molecule has 0 saturated heterocycles. The van der Waals surface area contributed by atoms with Crippen LogP contribution in [0.1, 0.15) is 19.4 Å². The second kappa shape index (κ2) is 5.54. The summed E-state index contributed by atoms with van der Waals surface area (Å²) in [6.45, 7) is 4.12. The minimum atomic E-state index is -1.61. The summed E-state index contributed by atoms with van der Waals surface area (Å²) in [6, 6.07) is 4.10. The molecule has 1 aromatic rings. The lowest BCUT2D eigenvalue weighted by Crippen LogP contribution is -2.33. The van der Waals surface area contributed by atoms with Crippen molar-refractivity contribution in [2.24, 2.45) is 0 Å². The minimum Gasteiger partial charge on any atom is -0.423 e. The SMILES string of the molecule is CC(C)SCc1ccc(F)cc1B(O)O. The molecule has 0 atom stereocenters. The molecule has 0 aliphatic heterocycles. The van der Waals surface area contributed by atoms with Crippen molar-refractivity contribution in [1.82, 2.24) is 0 Å². The molecule has 0 spiro atoms. The number of hydrogen-bond donors (Lipinski definition) is 2. The Hall–Kier alpha value is -0.515. The van der Waals surface area contributed by atoms with E-state index in [0.717, 1.165) is 5.56 Å². The fraction of sp³-hybridized carbons (Fsp3) is 0.400. The lowest BCUT2D eigenvalue weighted by Gasteiger charge is -2.10. The zero-order valence-corrected chi connectivity index (χ0v) is 9.59.